The van der Waals surface area contributed by atoms with Crippen molar-refractivity contribution in [2.45, 2.75) is 78.7 Å². The lowest BCUT2D eigenvalue weighted by atomic mass is 9.68. The molecule has 0 aliphatic heterocycles. The Kier molecular flexibility index (Phi) is 5.55. The zero-order valence-electron chi connectivity index (χ0n) is 17.6. The van der Waals surface area contributed by atoms with Crippen molar-refractivity contribution in [1.29, 1.82) is 0 Å². The Morgan fingerprint density at radius 2 is 2.07 bits per heavy atom. The third-order valence-corrected chi connectivity index (χ3v) is 7.85. The molecule has 0 bridgehead atoms. The van der Waals surface area contributed by atoms with E-state index in [0.29, 0.717) is 23.3 Å². The van der Waals surface area contributed by atoms with Crippen LogP contribution < -0.4 is 0 Å². The summed E-state index contributed by atoms with van der Waals surface area (Å²) >= 11 is 0. The summed E-state index contributed by atoms with van der Waals surface area (Å²) in [6, 6.07) is 0. The number of hydrogen-bond donors (Lipinski definition) is 1. The van der Waals surface area contributed by atoms with Gasteiger partial charge < -0.3 is 5.11 Å². The van der Waals surface area contributed by atoms with E-state index in [1.54, 1.807) is 6.92 Å². The first-order valence-electron chi connectivity index (χ1n) is 10.6. The molecule has 0 radical (unpaired) electrons. The summed E-state index contributed by atoms with van der Waals surface area (Å²) in [5.74, 6) is 0.978. The highest BCUT2D eigenvalue weighted by Crippen LogP contribution is 2.60. The second-order valence-electron chi connectivity index (χ2n) is 10.3. The molecule has 150 valence electrons. The van der Waals surface area contributed by atoms with Crippen LogP contribution in [0.15, 0.2) is 23.3 Å². The van der Waals surface area contributed by atoms with Gasteiger partial charge in [0.05, 0.1) is 11.5 Å². The average molecular weight is 373 g/mol. The summed E-state index contributed by atoms with van der Waals surface area (Å²) in [7, 11) is 0. The zero-order chi connectivity index (χ0) is 20.0. The molecule has 2 saturated carbocycles. The minimum absolute atomic E-state index is 0.0417. The molecular weight excluding hydrogens is 336 g/mol. The molecule has 3 heteroatoms. The number of carbonyl (C=O) groups excluding carboxylic acids is 2. The van der Waals surface area contributed by atoms with Gasteiger partial charge in [0.2, 0.25) is 0 Å². The average Bonchev–Trinajstić information content (AvgIpc) is 2.93. The topological polar surface area (TPSA) is 54.4 Å². The molecular formula is C24H36O3. The van der Waals surface area contributed by atoms with Gasteiger partial charge in [-0.1, -0.05) is 31.6 Å². The fourth-order valence-electron chi connectivity index (χ4n) is 6.27. The maximum absolute atomic E-state index is 12.6. The van der Waals surface area contributed by atoms with Crippen LogP contribution >= 0.6 is 0 Å². The molecule has 3 nitrogen and oxygen atoms in total. The van der Waals surface area contributed by atoms with Crippen LogP contribution in [0.25, 0.3) is 0 Å². The number of Topliss-reactive ketones (excluding diaryl/α,β-unsaturated/α-hetero) is 1. The molecule has 0 aromatic heterocycles. The first kappa shape index (κ1) is 20.5. The van der Waals surface area contributed by atoms with Gasteiger partial charge in [0.15, 0.2) is 0 Å². The fraction of sp³-hybridized carbons (Fsp3) is 0.750. The predicted molar refractivity (Wildman–Crippen MR) is 108 cm³/mol. The summed E-state index contributed by atoms with van der Waals surface area (Å²) in [6.07, 6.45) is 10.9. The highest BCUT2D eigenvalue weighted by atomic mass is 16.3. The molecule has 1 unspecified atom stereocenters. The molecule has 2 fully saturated rings. The molecule has 0 saturated heterocycles. The Morgan fingerprint density at radius 1 is 1.37 bits per heavy atom. The van der Waals surface area contributed by atoms with Crippen molar-refractivity contribution >= 4 is 12.1 Å². The van der Waals surface area contributed by atoms with E-state index in [2.05, 4.69) is 39.8 Å². The molecule has 3 aliphatic rings. The number of ketones is 1. The van der Waals surface area contributed by atoms with Crippen LogP contribution in [0.2, 0.25) is 0 Å². The Labute approximate surface area is 164 Å². The Morgan fingerprint density at radius 3 is 2.70 bits per heavy atom. The standard InChI is InChI=1S/C24H36O3/c1-15(2)7-6-8-16(3)18-9-10-23(4)12-20-22(17(14-25)11-19(18)23)21(26)13-24(20,5)27/h7,11,14,16,18-20,22,27H,6,8-10,12-13H2,1-5H3/t16-,18?,19-,20-,22+,23+,24+/m0/s1. The zero-order valence-corrected chi connectivity index (χ0v) is 17.6. The maximum atomic E-state index is 12.6. The van der Waals surface area contributed by atoms with Crippen LogP contribution in [0.5, 0.6) is 0 Å². The van der Waals surface area contributed by atoms with Gasteiger partial charge in [-0.15, -0.1) is 0 Å². The summed E-state index contributed by atoms with van der Waals surface area (Å²) in [5.41, 5.74) is 1.08. The van der Waals surface area contributed by atoms with Gasteiger partial charge in [-0.25, -0.2) is 0 Å². The van der Waals surface area contributed by atoms with Crippen molar-refractivity contribution in [2.24, 2.45) is 35.0 Å². The van der Waals surface area contributed by atoms with Crippen molar-refractivity contribution in [3.63, 3.8) is 0 Å². The predicted octanol–water partition coefficient (Wildman–Crippen LogP) is 4.89. The van der Waals surface area contributed by atoms with Crippen molar-refractivity contribution < 1.29 is 14.7 Å². The molecule has 0 heterocycles. The van der Waals surface area contributed by atoms with Gasteiger partial charge in [-0.05, 0) is 81.6 Å². The second kappa shape index (κ2) is 7.31. The summed E-state index contributed by atoms with van der Waals surface area (Å²) in [4.78, 5) is 24.5. The van der Waals surface area contributed by atoms with E-state index in [1.165, 1.54) is 12.0 Å². The Hall–Kier alpha value is -1.22. The van der Waals surface area contributed by atoms with Crippen molar-refractivity contribution in [3.05, 3.63) is 23.3 Å². The molecule has 3 aliphatic carbocycles. The summed E-state index contributed by atoms with van der Waals surface area (Å²) in [5, 5.41) is 10.9. The van der Waals surface area contributed by atoms with Crippen molar-refractivity contribution in [3.8, 4) is 0 Å². The molecule has 3 rings (SSSR count). The third-order valence-electron chi connectivity index (χ3n) is 7.85. The number of fused-ring (bicyclic) bond motifs is 2. The van der Waals surface area contributed by atoms with Crippen LogP contribution in [0.4, 0.5) is 0 Å². The van der Waals surface area contributed by atoms with E-state index in [9.17, 15) is 14.7 Å². The molecule has 0 aromatic carbocycles. The highest BCUT2D eigenvalue weighted by molar-refractivity contribution is 5.94. The van der Waals surface area contributed by atoms with Gasteiger partial charge in [-0.2, -0.15) is 0 Å². The van der Waals surface area contributed by atoms with E-state index >= 15 is 0 Å². The van der Waals surface area contributed by atoms with Gasteiger partial charge in [0.1, 0.15) is 12.1 Å². The third kappa shape index (κ3) is 3.72. The number of aldehydes is 1. The van der Waals surface area contributed by atoms with Crippen LogP contribution in [0, 0.1) is 35.0 Å². The highest BCUT2D eigenvalue weighted by Gasteiger charge is 2.57. The number of carbonyl (C=O) groups is 2. The van der Waals surface area contributed by atoms with Crippen LogP contribution in [-0.2, 0) is 9.59 Å². The van der Waals surface area contributed by atoms with E-state index in [-0.39, 0.29) is 23.5 Å². The minimum atomic E-state index is -0.991. The lowest BCUT2D eigenvalue weighted by Crippen LogP contribution is -2.36. The van der Waals surface area contributed by atoms with Crippen LogP contribution in [-0.4, -0.2) is 22.8 Å². The largest absolute Gasteiger partial charge is 0.389 e. The molecule has 0 amide bonds. The van der Waals surface area contributed by atoms with Gasteiger partial charge in [0.25, 0.3) is 0 Å². The fourth-order valence-corrected chi connectivity index (χ4v) is 6.27. The summed E-state index contributed by atoms with van der Waals surface area (Å²) in [6.45, 7) is 10.7. The van der Waals surface area contributed by atoms with Gasteiger partial charge in [0, 0.05) is 12.3 Å². The minimum Gasteiger partial charge on any atom is -0.389 e. The SMILES string of the molecule is CC(C)=CCC[C@H](C)C1CC[C@]2(C)C[C@H]3[C@H](C(=O)C[C@@]3(C)O)C(C=O)=C[C@@H]12. The molecule has 27 heavy (non-hydrogen) atoms. The smallest absolute Gasteiger partial charge is 0.146 e. The van der Waals surface area contributed by atoms with E-state index in [0.717, 1.165) is 32.0 Å². The van der Waals surface area contributed by atoms with Crippen molar-refractivity contribution in [1.82, 2.24) is 0 Å². The molecule has 0 spiro atoms. The first-order valence-corrected chi connectivity index (χ1v) is 10.6. The van der Waals surface area contributed by atoms with Crippen LogP contribution in [0.3, 0.4) is 0 Å². The number of allylic oxidation sites excluding steroid dienone is 4. The number of rotatable bonds is 5. The second-order valence-corrected chi connectivity index (χ2v) is 10.3. The quantitative estimate of drug-likeness (QED) is 0.552. The first-order chi connectivity index (χ1) is 12.6. The van der Waals surface area contributed by atoms with E-state index in [4.69, 9.17) is 0 Å². The lowest BCUT2D eigenvalue weighted by Gasteiger charge is -2.38. The number of aliphatic hydroxyl groups is 1. The normalized spacial score (nSPS) is 42.0. The number of hydrogen-bond acceptors (Lipinski definition) is 3. The van der Waals surface area contributed by atoms with E-state index < -0.39 is 11.5 Å². The molecule has 0 aromatic rings. The summed E-state index contributed by atoms with van der Waals surface area (Å²) < 4.78 is 0. The Bertz CT molecular complexity index is 667. The lowest BCUT2D eigenvalue weighted by molar-refractivity contribution is -0.121. The molecule has 1 N–H and O–H groups in total. The van der Waals surface area contributed by atoms with Gasteiger partial charge >= 0.3 is 0 Å². The van der Waals surface area contributed by atoms with Gasteiger partial charge in [-0.3, -0.25) is 9.59 Å². The van der Waals surface area contributed by atoms with Crippen molar-refractivity contribution in [2.75, 3.05) is 0 Å². The van der Waals surface area contributed by atoms with Crippen LogP contribution in [0.1, 0.15) is 73.1 Å². The maximum Gasteiger partial charge on any atom is 0.146 e. The Balaban J connectivity index is 1.90. The van der Waals surface area contributed by atoms with E-state index in [1.807, 2.05) is 0 Å². The molecule has 7 atom stereocenters. The monoisotopic (exact) mass is 372 g/mol.